The van der Waals surface area contributed by atoms with E-state index in [1.807, 2.05) is 6.07 Å². The maximum atomic E-state index is 11.5. The van der Waals surface area contributed by atoms with Gasteiger partial charge in [-0.25, -0.2) is 0 Å². The van der Waals surface area contributed by atoms with Crippen LogP contribution in [-0.2, 0) is 7.05 Å². The molecule has 0 spiro atoms. The molecular weight excluding hydrogens is 186 g/mol. The summed E-state index contributed by atoms with van der Waals surface area (Å²) >= 11 is 1.09. The van der Waals surface area contributed by atoms with E-state index in [-0.39, 0.29) is 10.4 Å². The summed E-state index contributed by atoms with van der Waals surface area (Å²) in [6.07, 6.45) is 0. The Morgan fingerprint density at radius 1 is 1.23 bits per heavy atom. The van der Waals surface area contributed by atoms with Crippen LogP contribution in [0.15, 0.2) is 33.9 Å². The van der Waals surface area contributed by atoms with E-state index in [9.17, 15) is 9.59 Å². The molecule has 0 saturated heterocycles. The molecule has 1 aromatic heterocycles. The Morgan fingerprint density at radius 2 is 1.92 bits per heavy atom. The van der Waals surface area contributed by atoms with Crippen LogP contribution < -0.4 is 10.4 Å². The van der Waals surface area contributed by atoms with Gasteiger partial charge in [-0.1, -0.05) is 23.5 Å². The number of hydrogen-bond acceptors (Lipinski definition) is 3. The van der Waals surface area contributed by atoms with Crippen molar-refractivity contribution >= 4 is 21.4 Å². The van der Waals surface area contributed by atoms with Gasteiger partial charge in [-0.2, -0.15) is 0 Å². The second-order valence-electron chi connectivity index (χ2n) is 2.73. The lowest BCUT2D eigenvalue weighted by atomic mass is 10.3. The third kappa shape index (κ3) is 1.19. The van der Waals surface area contributed by atoms with Crippen LogP contribution in [-0.4, -0.2) is 4.57 Å². The van der Waals surface area contributed by atoms with Gasteiger partial charge < -0.3 is 0 Å². The van der Waals surface area contributed by atoms with Gasteiger partial charge >= 0.3 is 4.87 Å². The lowest BCUT2D eigenvalue weighted by Gasteiger charge is -1.97. The zero-order valence-electron chi connectivity index (χ0n) is 6.98. The van der Waals surface area contributed by atoms with Crippen LogP contribution in [0.2, 0.25) is 0 Å². The summed E-state index contributed by atoms with van der Waals surface area (Å²) in [4.78, 5) is 22.5. The Labute approximate surface area is 77.9 Å². The monoisotopic (exact) mass is 193 g/mol. The van der Waals surface area contributed by atoms with E-state index in [1.165, 1.54) is 7.05 Å². The van der Waals surface area contributed by atoms with E-state index < -0.39 is 0 Å². The molecule has 13 heavy (non-hydrogen) atoms. The van der Waals surface area contributed by atoms with Gasteiger partial charge in [0.1, 0.15) is 0 Å². The highest BCUT2D eigenvalue weighted by atomic mass is 32.1. The van der Waals surface area contributed by atoms with Gasteiger partial charge in [-0.05, 0) is 12.1 Å². The van der Waals surface area contributed by atoms with Crippen LogP contribution in [0.25, 0.3) is 10.1 Å². The Morgan fingerprint density at radius 3 is 2.69 bits per heavy atom. The minimum absolute atomic E-state index is 0.219. The van der Waals surface area contributed by atoms with Crippen molar-refractivity contribution in [3.8, 4) is 0 Å². The van der Waals surface area contributed by atoms with Crippen molar-refractivity contribution < 1.29 is 0 Å². The number of aromatic nitrogens is 1. The van der Waals surface area contributed by atoms with Gasteiger partial charge in [0.05, 0.1) is 5.39 Å². The molecule has 0 radical (unpaired) electrons. The topological polar surface area (TPSA) is 39.1 Å². The molecule has 0 aliphatic heterocycles. The molecule has 66 valence electrons. The second-order valence-corrected chi connectivity index (χ2v) is 3.72. The predicted octanol–water partition coefficient (Wildman–Crippen LogP) is 0.960. The van der Waals surface area contributed by atoms with Gasteiger partial charge in [-0.3, -0.25) is 14.2 Å². The molecule has 0 atom stereocenters. The normalized spacial score (nSPS) is 10.5. The average Bonchev–Trinajstić information content (AvgIpc) is 2.15. The minimum atomic E-state index is -0.223. The van der Waals surface area contributed by atoms with Crippen molar-refractivity contribution in [1.29, 1.82) is 0 Å². The lowest BCUT2D eigenvalue weighted by Crippen LogP contribution is -2.27. The van der Waals surface area contributed by atoms with E-state index in [1.54, 1.807) is 18.2 Å². The number of hydrogen-bond donors (Lipinski definition) is 0. The molecule has 1 aromatic carbocycles. The highest BCUT2D eigenvalue weighted by Gasteiger charge is 2.02. The van der Waals surface area contributed by atoms with Crippen LogP contribution in [0.3, 0.4) is 0 Å². The summed E-state index contributed by atoms with van der Waals surface area (Å²) in [7, 11) is 1.49. The van der Waals surface area contributed by atoms with Crippen LogP contribution in [0.5, 0.6) is 0 Å². The summed E-state index contributed by atoms with van der Waals surface area (Å²) in [5, 5.41) is 0.606. The SMILES string of the molecule is Cn1c(=O)sc2ccccc2c1=O. The molecule has 0 amide bonds. The third-order valence-corrected chi connectivity index (χ3v) is 2.92. The standard InChI is InChI=1S/C9H7NO2S/c1-10-8(11)6-4-2-3-5-7(6)13-9(10)12/h2-5H,1H3. The van der Waals surface area contributed by atoms with Crippen molar-refractivity contribution in [3.63, 3.8) is 0 Å². The van der Waals surface area contributed by atoms with E-state index in [0.29, 0.717) is 5.39 Å². The number of fused-ring (bicyclic) bond motifs is 1. The number of nitrogens with zero attached hydrogens (tertiary/aromatic N) is 1. The van der Waals surface area contributed by atoms with Gasteiger partial charge in [-0.15, -0.1) is 0 Å². The smallest absolute Gasteiger partial charge is 0.269 e. The predicted molar refractivity (Wildman–Crippen MR) is 53.3 cm³/mol. The van der Waals surface area contributed by atoms with E-state index in [4.69, 9.17) is 0 Å². The van der Waals surface area contributed by atoms with Crippen LogP contribution in [0.1, 0.15) is 0 Å². The summed E-state index contributed by atoms with van der Waals surface area (Å²) in [6, 6.07) is 7.12. The summed E-state index contributed by atoms with van der Waals surface area (Å²) in [5.41, 5.74) is -0.223. The molecule has 0 aliphatic carbocycles. The fourth-order valence-electron chi connectivity index (χ4n) is 1.16. The zero-order valence-corrected chi connectivity index (χ0v) is 7.80. The molecule has 4 heteroatoms. The largest absolute Gasteiger partial charge is 0.310 e. The van der Waals surface area contributed by atoms with Crippen molar-refractivity contribution in [3.05, 3.63) is 44.3 Å². The lowest BCUT2D eigenvalue weighted by molar-refractivity contribution is 0.853. The Hall–Kier alpha value is -1.42. The first-order chi connectivity index (χ1) is 6.20. The minimum Gasteiger partial charge on any atom is -0.269 e. The van der Waals surface area contributed by atoms with Crippen molar-refractivity contribution in [1.82, 2.24) is 4.57 Å². The molecular formula is C9H7NO2S. The zero-order chi connectivity index (χ0) is 9.42. The summed E-state index contributed by atoms with van der Waals surface area (Å²) in [6.45, 7) is 0. The fourth-order valence-corrected chi connectivity index (χ4v) is 1.98. The first-order valence-electron chi connectivity index (χ1n) is 3.79. The van der Waals surface area contributed by atoms with Gasteiger partial charge in [0, 0.05) is 11.7 Å². The quantitative estimate of drug-likeness (QED) is 0.625. The van der Waals surface area contributed by atoms with Gasteiger partial charge in [0.15, 0.2) is 0 Å². The molecule has 0 N–H and O–H groups in total. The maximum absolute atomic E-state index is 11.5. The molecule has 1 heterocycles. The molecule has 2 rings (SSSR count). The van der Waals surface area contributed by atoms with Crippen molar-refractivity contribution in [2.45, 2.75) is 0 Å². The average molecular weight is 193 g/mol. The maximum Gasteiger partial charge on any atom is 0.310 e. The van der Waals surface area contributed by atoms with Crippen molar-refractivity contribution in [2.24, 2.45) is 7.05 Å². The van der Waals surface area contributed by atoms with Gasteiger partial charge in [0.2, 0.25) is 0 Å². The Bertz CT molecular complexity index is 568. The first kappa shape index (κ1) is 8.19. The molecule has 0 fully saturated rings. The Balaban J connectivity index is 3.12. The molecule has 3 nitrogen and oxygen atoms in total. The second kappa shape index (κ2) is 2.81. The first-order valence-corrected chi connectivity index (χ1v) is 4.60. The highest BCUT2D eigenvalue weighted by Crippen LogP contribution is 2.09. The Kier molecular flexibility index (Phi) is 1.77. The highest BCUT2D eigenvalue weighted by molar-refractivity contribution is 7.16. The van der Waals surface area contributed by atoms with E-state index >= 15 is 0 Å². The van der Waals surface area contributed by atoms with E-state index in [0.717, 1.165) is 20.6 Å². The van der Waals surface area contributed by atoms with Crippen molar-refractivity contribution in [2.75, 3.05) is 0 Å². The van der Waals surface area contributed by atoms with E-state index in [2.05, 4.69) is 0 Å². The molecule has 0 saturated carbocycles. The molecule has 0 bridgehead atoms. The molecule has 0 unspecified atom stereocenters. The molecule has 2 aromatic rings. The van der Waals surface area contributed by atoms with Crippen LogP contribution in [0, 0.1) is 0 Å². The third-order valence-electron chi connectivity index (χ3n) is 1.89. The number of rotatable bonds is 0. The van der Waals surface area contributed by atoms with Crippen LogP contribution >= 0.6 is 11.3 Å². The molecule has 0 aliphatic rings. The number of benzene rings is 1. The summed E-state index contributed by atoms with van der Waals surface area (Å²) < 4.78 is 1.88. The van der Waals surface area contributed by atoms with Crippen LogP contribution in [0.4, 0.5) is 0 Å². The van der Waals surface area contributed by atoms with Gasteiger partial charge in [0.25, 0.3) is 5.56 Å². The fraction of sp³-hybridized carbons (Fsp3) is 0.111. The summed E-state index contributed by atoms with van der Waals surface area (Å²) in [5.74, 6) is 0.